The third-order valence-corrected chi connectivity index (χ3v) is 6.66. The zero-order valence-corrected chi connectivity index (χ0v) is 19.5. The highest BCUT2D eigenvalue weighted by molar-refractivity contribution is 9.10. The van der Waals surface area contributed by atoms with E-state index in [0.29, 0.717) is 24.3 Å². The van der Waals surface area contributed by atoms with E-state index >= 15 is 0 Å². The maximum atomic E-state index is 14.8. The second-order valence-electron chi connectivity index (χ2n) is 8.59. The SMILES string of the molecule is COc1nc(N2CC3CCC(C2)N3C(=O)OC(C)(C)C)c2cc(Cl)c(Br)c(F)c2n1. The molecule has 1 aromatic carbocycles. The van der Waals surface area contributed by atoms with E-state index in [1.165, 1.54) is 7.11 Å². The van der Waals surface area contributed by atoms with Crippen LogP contribution >= 0.6 is 27.5 Å². The van der Waals surface area contributed by atoms with Gasteiger partial charge in [-0.1, -0.05) is 11.6 Å². The van der Waals surface area contributed by atoms with Gasteiger partial charge in [-0.25, -0.2) is 9.18 Å². The molecule has 0 saturated carbocycles. The quantitative estimate of drug-likeness (QED) is 0.552. The number of methoxy groups -OCH3 is 1. The molecule has 7 nitrogen and oxygen atoms in total. The summed E-state index contributed by atoms with van der Waals surface area (Å²) in [5.74, 6) is -0.0132. The summed E-state index contributed by atoms with van der Waals surface area (Å²) < 4.78 is 25.8. The van der Waals surface area contributed by atoms with Crippen LogP contribution in [0.5, 0.6) is 6.01 Å². The summed E-state index contributed by atoms with van der Waals surface area (Å²) in [6.07, 6.45) is 1.46. The third-order valence-electron chi connectivity index (χ3n) is 5.35. The average Bonchev–Trinajstić information content (AvgIpc) is 2.94. The molecule has 2 fully saturated rings. The molecule has 4 rings (SSSR count). The van der Waals surface area contributed by atoms with Gasteiger partial charge in [0.05, 0.1) is 28.7 Å². The van der Waals surface area contributed by atoms with Gasteiger partial charge in [0, 0.05) is 18.5 Å². The van der Waals surface area contributed by atoms with Crippen LogP contribution in [0.4, 0.5) is 15.0 Å². The predicted molar refractivity (Wildman–Crippen MR) is 116 cm³/mol. The van der Waals surface area contributed by atoms with Crippen molar-refractivity contribution in [3.63, 3.8) is 0 Å². The highest BCUT2D eigenvalue weighted by atomic mass is 79.9. The summed E-state index contributed by atoms with van der Waals surface area (Å²) in [5.41, 5.74) is -0.416. The van der Waals surface area contributed by atoms with Crippen LogP contribution < -0.4 is 9.64 Å². The van der Waals surface area contributed by atoms with E-state index in [1.54, 1.807) is 6.07 Å². The molecule has 1 amide bonds. The van der Waals surface area contributed by atoms with Crippen LogP contribution in [0.25, 0.3) is 10.9 Å². The Kier molecular flexibility index (Phi) is 5.47. The smallest absolute Gasteiger partial charge is 0.410 e. The number of anilines is 1. The highest BCUT2D eigenvalue weighted by Gasteiger charge is 2.45. The van der Waals surface area contributed by atoms with Gasteiger partial charge in [0.2, 0.25) is 0 Å². The molecule has 2 atom stereocenters. The number of fused-ring (bicyclic) bond motifs is 3. The largest absolute Gasteiger partial charge is 0.467 e. The van der Waals surface area contributed by atoms with Gasteiger partial charge in [0.25, 0.3) is 0 Å². The van der Waals surface area contributed by atoms with E-state index in [0.717, 1.165) is 12.8 Å². The monoisotopic (exact) mass is 500 g/mol. The number of nitrogens with zero attached hydrogens (tertiary/aromatic N) is 4. The van der Waals surface area contributed by atoms with Gasteiger partial charge in [-0.05, 0) is 55.6 Å². The second kappa shape index (κ2) is 7.67. The van der Waals surface area contributed by atoms with Gasteiger partial charge < -0.3 is 14.4 Å². The van der Waals surface area contributed by atoms with Crippen molar-refractivity contribution in [1.82, 2.24) is 14.9 Å². The fraction of sp³-hybridized carbons (Fsp3) is 0.550. The topological polar surface area (TPSA) is 67.8 Å². The van der Waals surface area contributed by atoms with Crippen molar-refractivity contribution in [1.29, 1.82) is 0 Å². The van der Waals surface area contributed by atoms with Crippen molar-refractivity contribution in [3.8, 4) is 6.01 Å². The van der Waals surface area contributed by atoms with Crippen LogP contribution in [-0.4, -0.2) is 58.8 Å². The Morgan fingerprint density at radius 3 is 2.47 bits per heavy atom. The minimum atomic E-state index is -0.560. The Balaban J connectivity index is 1.70. The number of halogens is 3. The highest BCUT2D eigenvalue weighted by Crippen LogP contribution is 2.39. The average molecular weight is 502 g/mol. The molecule has 2 aliphatic heterocycles. The maximum Gasteiger partial charge on any atom is 0.410 e. The first kappa shape index (κ1) is 21.4. The normalized spacial score (nSPS) is 21.3. The first-order chi connectivity index (χ1) is 14.1. The Hall–Kier alpha value is -1.87. The molecule has 0 N–H and O–H groups in total. The lowest BCUT2D eigenvalue weighted by Crippen LogP contribution is -2.57. The Labute approximate surface area is 187 Å². The lowest BCUT2D eigenvalue weighted by atomic mass is 10.1. The van der Waals surface area contributed by atoms with E-state index < -0.39 is 11.4 Å². The van der Waals surface area contributed by atoms with Crippen molar-refractivity contribution in [2.75, 3.05) is 25.1 Å². The number of hydrogen-bond acceptors (Lipinski definition) is 6. The summed E-state index contributed by atoms with van der Waals surface area (Å²) in [4.78, 5) is 25.3. The van der Waals surface area contributed by atoms with Gasteiger partial charge in [0.1, 0.15) is 16.9 Å². The minimum absolute atomic E-state index is 0.00891. The summed E-state index contributed by atoms with van der Waals surface area (Å²) in [6.45, 7) is 6.69. The lowest BCUT2D eigenvalue weighted by molar-refractivity contribution is 0.0123. The number of hydrogen-bond donors (Lipinski definition) is 0. The van der Waals surface area contributed by atoms with E-state index in [9.17, 15) is 9.18 Å². The fourth-order valence-corrected chi connectivity index (χ4v) is 4.65. The van der Waals surface area contributed by atoms with Crippen molar-refractivity contribution < 1.29 is 18.7 Å². The van der Waals surface area contributed by atoms with E-state index in [4.69, 9.17) is 21.1 Å². The van der Waals surface area contributed by atoms with E-state index in [-0.39, 0.29) is 39.2 Å². The van der Waals surface area contributed by atoms with Crippen molar-refractivity contribution in [3.05, 3.63) is 21.4 Å². The van der Waals surface area contributed by atoms with Gasteiger partial charge >= 0.3 is 12.1 Å². The summed E-state index contributed by atoms with van der Waals surface area (Å²) in [6, 6.07) is 1.71. The number of aromatic nitrogens is 2. The molecular weight excluding hydrogens is 479 g/mol. The second-order valence-corrected chi connectivity index (χ2v) is 9.79. The van der Waals surface area contributed by atoms with E-state index in [1.807, 2.05) is 25.7 Å². The number of ether oxygens (including phenoxy) is 2. The zero-order chi connectivity index (χ0) is 21.8. The maximum absolute atomic E-state index is 14.8. The molecular formula is C20H23BrClFN4O3. The molecule has 2 aromatic rings. The lowest BCUT2D eigenvalue weighted by Gasteiger charge is -2.42. The minimum Gasteiger partial charge on any atom is -0.467 e. The molecule has 10 heteroatoms. The standard InChI is InChI=1S/C20H23BrClFN4O3/c1-20(2,3)30-19(28)27-10-5-6-11(27)9-26(8-10)17-12-7-13(22)14(21)15(23)16(12)24-18(25-17)29-4/h7,10-11H,5-6,8-9H2,1-4H3. The van der Waals surface area contributed by atoms with Crippen LogP contribution in [0.3, 0.4) is 0 Å². The molecule has 0 aliphatic carbocycles. The zero-order valence-electron chi connectivity index (χ0n) is 17.2. The predicted octanol–water partition coefficient (Wildman–Crippen LogP) is 4.78. The summed E-state index contributed by atoms with van der Waals surface area (Å²) in [7, 11) is 1.44. The molecule has 2 aliphatic rings. The molecule has 3 heterocycles. The van der Waals surface area contributed by atoms with Gasteiger partial charge in [0.15, 0.2) is 5.82 Å². The Bertz CT molecular complexity index is 1000. The fourth-order valence-electron chi connectivity index (χ4n) is 4.16. The van der Waals surface area contributed by atoms with Crippen LogP contribution in [-0.2, 0) is 4.74 Å². The first-order valence-electron chi connectivity index (χ1n) is 9.74. The van der Waals surface area contributed by atoms with Crippen LogP contribution in [0.1, 0.15) is 33.6 Å². The number of benzene rings is 1. The van der Waals surface area contributed by atoms with Crippen molar-refractivity contribution in [2.45, 2.75) is 51.3 Å². The number of amides is 1. The Morgan fingerprint density at radius 2 is 1.90 bits per heavy atom. The molecule has 30 heavy (non-hydrogen) atoms. The molecule has 0 radical (unpaired) electrons. The molecule has 2 bridgehead atoms. The number of carbonyl (C=O) groups is 1. The number of rotatable bonds is 2. The number of piperazine rings is 1. The number of carbonyl (C=O) groups excluding carboxylic acids is 1. The molecule has 2 unspecified atom stereocenters. The third kappa shape index (κ3) is 3.77. The molecule has 162 valence electrons. The summed E-state index contributed by atoms with van der Waals surface area (Å²) >= 11 is 9.38. The summed E-state index contributed by atoms with van der Waals surface area (Å²) in [5, 5.41) is 0.747. The van der Waals surface area contributed by atoms with Gasteiger partial charge in [-0.3, -0.25) is 4.90 Å². The first-order valence-corrected chi connectivity index (χ1v) is 10.9. The van der Waals surface area contributed by atoms with Crippen molar-refractivity contribution >= 4 is 50.3 Å². The van der Waals surface area contributed by atoms with Crippen molar-refractivity contribution in [2.24, 2.45) is 0 Å². The van der Waals surface area contributed by atoms with Crippen LogP contribution in [0.15, 0.2) is 10.5 Å². The van der Waals surface area contributed by atoms with Gasteiger partial charge in [-0.15, -0.1) is 0 Å². The molecule has 2 saturated heterocycles. The van der Waals surface area contributed by atoms with Crippen LogP contribution in [0.2, 0.25) is 5.02 Å². The Morgan fingerprint density at radius 1 is 1.27 bits per heavy atom. The van der Waals surface area contributed by atoms with E-state index in [2.05, 4.69) is 30.8 Å². The molecule has 1 aromatic heterocycles. The molecule has 0 spiro atoms. The van der Waals surface area contributed by atoms with Crippen LogP contribution in [0, 0.1) is 5.82 Å². The van der Waals surface area contributed by atoms with Gasteiger partial charge in [-0.2, -0.15) is 9.97 Å².